The molecule has 9 heteroatoms. The monoisotopic (exact) mass is 466 g/mol. The van der Waals surface area contributed by atoms with Crippen LogP contribution in [0.4, 0.5) is 0 Å². The molecule has 1 unspecified atom stereocenters. The highest BCUT2D eigenvalue weighted by Crippen LogP contribution is 2.26. The molecule has 1 saturated heterocycles. The van der Waals surface area contributed by atoms with Crippen molar-refractivity contribution in [2.75, 3.05) is 26.8 Å². The highest BCUT2D eigenvalue weighted by Gasteiger charge is 2.34. The maximum atomic E-state index is 13.0. The fourth-order valence-electron chi connectivity index (χ4n) is 4.37. The average molecular weight is 467 g/mol. The zero-order valence-corrected chi connectivity index (χ0v) is 19.6. The molecule has 3 rings (SSSR count). The van der Waals surface area contributed by atoms with Crippen LogP contribution in [0.5, 0.6) is 5.75 Å². The summed E-state index contributed by atoms with van der Waals surface area (Å²) in [4.78, 5) is 25.0. The molecule has 178 valence electrons. The molecule has 1 aromatic carbocycles. The molecule has 0 aromatic heterocycles. The van der Waals surface area contributed by atoms with Crippen molar-refractivity contribution in [2.45, 2.75) is 68.7 Å². The Labute approximate surface area is 190 Å². The van der Waals surface area contributed by atoms with Gasteiger partial charge < -0.3 is 14.8 Å². The maximum Gasteiger partial charge on any atom is 0.310 e. The molecule has 2 aliphatic rings. The Morgan fingerprint density at radius 3 is 2.31 bits per heavy atom. The number of nitrogens with zero attached hydrogens (tertiary/aromatic N) is 1. The first-order valence-corrected chi connectivity index (χ1v) is 12.9. The normalized spacial score (nSPS) is 21.2. The topological polar surface area (TPSA) is 102 Å². The molecule has 1 atom stereocenters. The highest BCUT2D eigenvalue weighted by molar-refractivity contribution is 7.89. The minimum absolute atomic E-state index is 0.0530. The number of nitrogens with one attached hydrogen (secondary N) is 1. The van der Waals surface area contributed by atoms with Crippen molar-refractivity contribution in [3.05, 3.63) is 24.3 Å². The minimum Gasteiger partial charge on any atom is -0.497 e. The van der Waals surface area contributed by atoms with Gasteiger partial charge in [0, 0.05) is 19.1 Å². The lowest BCUT2D eigenvalue weighted by atomic mass is 9.97. The van der Waals surface area contributed by atoms with Crippen LogP contribution >= 0.6 is 0 Å². The van der Waals surface area contributed by atoms with Crippen LogP contribution in [-0.4, -0.2) is 57.4 Å². The van der Waals surface area contributed by atoms with Gasteiger partial charge in [-0.15, -0.1) is 0 Å². The Morgan fingerprint density at radius 2 is 1.66 bits per heavy atom. The van der Waals surface area contributed by atoms with Gasteiger partial charge >= 0.3 is 5.97 Å². The number of methoxy groups -OCH3 is 1. The number of piperidine rings is 1. The molecular weight excluding hydrogens is 432 g/mol. The van der Waals surface area contributed by atoms with Crippen molar-refractivity contribution >= 4 is 21.9 Å². The summed E-state index contributed by atoms with van der Waals surface area (Å²) in [6, 6.07) is 6.32. The molecule has 8 nitrogen and oxygen atoms in total. The number of amides is 1. The largest absolute Gasteiger partial charge is 0.497 e. The summed E-state index contributed by atoms with van der Waals surface area (Å²) in [7, 11) is -2.20. The zero-order valence-electron chi connectivity index (χ0n) is 18.8. The van der Waals surface area contributed by atoms with E-state index in [1.54, 1.807) is 12.1 Å². The third-order valence-corrected chi connectivity index (χ3v) is 8.11. The van der Waals surface area contributed by atoms with Gasteiger partial charge in [0.2, 0.25) is 10.0 Å². The predicted octanol–water partition coefficient (Wildman–Crippen LogP) is 2.87. The summed E-state index contributed by atoms with van der Waals surface area (Å²) >= 11 is 0. The van der Waals surface area contributed by atoms with E-state index in [9.17, 15) is 18.0 Å². The number of benzene rings is 1. The molecule has 0 bridgehead atoms. The Morgan fingerprint density at radius 1 is 1.00 bits per heavy atom. The van der Waals surface area contributed by atoms with Gasteiger partial charge in [-0.3, -0.25) is 9.59 Å². The second-order valence-corrected chi connectivity index (χ2v) is 10.5. The molecule has 0 spiro atoms. The van der Waals surface area contributed by atoms with Crippen LogP contribution < -0.4 is 10.1 Å². The van der Waals surface area contributed by atoms with Crippen LogP contribution in [-0.2, 0) is 24.3 Å². The quantitative estimate of drug-likeness (QED) is 0.620. The summed E-state index contributed by atoms with van der Waals surface area (Å²) in [6.07, 6.45) is 8.86. The van der Waals surface area contributed by atoms with Crippen molar-refractivity contribution in [2.24, 2.45) is 5.92 Å². The molecule has 1 heterocycles. The molecule has 1 aliphatic heterocycles. The third-order valence-electron chi connectivity index (χ3n) is 6.23. The number of hydrogen-bond donors (Lipinski definition) is 1. The van der Waals surface area contributed by atoms with E-state index in [0.29, 0.717) is 25.1 Å². The molecule has 0 radical (unpaired) electrons. The SMILES string of the molecule is COc1ccc(S(=O)(=O)N2CCCC(C(=O)OCC(=O)NC3CCCCCCC3)C2)cc1. The lowest BCUT2D eigenvalue weighted by molar-refractivity contribution is -0.153. The van der Waals surface area contributed by atoms with E-state index in [1.807, 2.05) is 0 Å². The van der Waals surface area contributed by atoms with E-state index < -0.39 is 21.9 Å². The standard InChI is InChI=1S/C23H34N2O6S/c1-30-20-11-13-21(14-12-20)32(28,29)25-15-7-8-18(16-25)23(27)31-17-22(26)24-19-9-5-3-2-4-6-10-19/h11-14,18-19H,2-10,15-17H2,1H3,(H,24,26). The Bertz CT molecular complexity index is 863. The second kappa shape index (κ2) is 11.7. The summed E-state index contributed by atoms with van der Waals surface area (Å²) in [5, 5.41) is 2.98. The predicted molar refractivity (Wildman–Crippen MR) is 120 cm³/mol. The van der Waals surface area contributed by atoms with Crippen molar-refractivity contribution in [3.63, 3.8) is 0 Å². The number of rotatable bonds is 7. The zero-order chi connectivity index (χ0) is 23.0. The number of carbonyl (C=O) groups excluding carboxylic acids is 2. The average Bonchev–Trinajstić information content (AvgIpc) is 2.79. The van der Waals surface area contributed by atoms with Gasteiger partial charge in [0.15, 0.2) is 6.61 Å². The van der Waals surface area contributed by atoms with Gasteiger partial charge in [0.25, 0.3) is 5.91 Å². The van der Waals surface area contributed by atoms with Gasteiger partial charge in [-0.05, 0) is 49.9 Å². The number of hydrogen-bond acceptors (Lipinski definition) is 6. The van der Waals surface area contributed by atoms with Crippen molar-refractivity contribution in [3.8, 4) is 5.75 Å². The molecule has 1 amide bonds. The molecule has 1 aromatic rings. The van der Waals surface area contributed by atoms with E-state index in [0.717, 1.165) is 25.7 Å². The smallest absolute Gasteiger partial charge is 0.310 e. The summed E-state index contributed by atoms with van der Waals surface area (Å²) in [5.74, 6) is -0.817. The van der Waals surface area contributed by atoms with E-state index in [2.05, 4.69) is 5.32 Å². The van der Waals surface area contributed by atoms with Gasteiger partial charge in [0.1, 0.15) is 5.75 Å². The van der Waals surface area contributed by atoms with Crippen LogP contribution in [0.25, 0.3) is 0 Å². The first-order chi connectivity index (χ1) is 15.4. The lowest BCUT2D eigenvalue weighted by Gasteiger charge is -2.30. The summed E-state index contributed by atoms with van der Waals surface area (Å²) in [5.41, 5.74) is 0. The maximum absolute atomic E-state index is 13.0. The Hall–Kier alpha value is -2.13. The Balaban J connectivity index is 1.50. The number of sulfonamides is 1. The first kappa shape index (κ1) is 24.5. The van der Waals surface area contributed by atoms with Crippen LogP contribution in [0, 0.1) is 5.92 Å². The van der Waals surface area contributed by atoms with Crippen LogP contribution in [0.3, 0.4) is 0 Å². The second-order valence-electron chi connectivity index (χ2n) is 8.59. The van der Waals surface area contributed by atoms with Crippen LogP contribution in [0.2, 0.25) is 0 Å². The lowest BCUT2D eigenvalue weighted by Crippen LogP contribution is -2.43. The molecule has 1 N–H and O–H groups in total. The minimum atomic E-state index is -3.72. The van der Waals surface area contributed by atoms with Gasteiger partial charge in [0.05, 0.1) is 17.9 Å². The van der Waals surface area contributed by atoms with Crippen LogP contribution in [0.15, 0.2) is 29.2 Å². The number of esters is 1. The van der Waals surface area contributed by atoms with Crippen molar-refractivity contribution < 1.29 is 27.5 Å². The molecule has 32 heavy (non-hydrogen) atoms. The fraction of sp³-hybridized carbons (Fsp3) is 0.652. The van der Waals surface area contributed by atoms with E-state index in [1.165, 1.54) is 42.8 Å². The summed E-state index contributed by atoms with van der Waals surface area (Å²) in [6.45, 7) is 0.0782. The molecule has 2 fully saturated rings. The first-order valence-electron chi connectivity index (χ1n) is 11.5. The molecular formula is C23H34N2O6S. The van der Waals surface area contributed by atoms with Crippen LogP contribution in [0.1, 0.15) is 57.8 Å². The third kappa shape index (κ3) is 6.68. The number of carbonyl (C=O) groups is 2. The number of ether oxygens (including phenoxy) is 2. The summed E-state index contributed by atoms with van der Waals surface area (Å²) < 4.78 is 37.6. The van der Waals surface area contributed by atoms with Crippen molar-refractivity contribution in [1.82, 2.24) is 9.62 Å². The molecule has 1 aliphatic carbocycles. The highest BCUT2D eigenvalue weighted by atomic mass is 32.2. The van der Waals surface area contributed by atoms with E-state index >= 15 is 0 Å². The fourth-order valence-corrected chi connectivity index (χ4v) is 5.90. The van der Waals surface area contributed by atoms with E-state index in [-0.39, 0.29) is 30.0 Å². The Kier molecular flexibility index (Phi) is 8.92. The van der Waals surface area contributed by atoms with Crippen molar-refractivity contribution in [1.29, 1.82) is 0 Å². The molecule has 1 saturated carbocycles. The van der Waals surface area contributed by atoms with Gasteiger partial charge in [-0.25, -0.2) is 8.42 Å². The van der Waals surface area contributed by atoms with E-state index in [4.69, 9.17) is 9.47 Å². The van der Waals surface area contributed by atoms with Gasteiger partial charge in [-0.1, -0.05) is 32.1 Å². The van der Waals surface area contributed by atoms with Gasteiger partial charge in [-0.2, -0.15) is 4.31 Å².